The molecule has 1 aromatic heterocycles. The van der Waals surface area contributed by atoms with Crippen LogP contribution in [0.3, 0.4) is 0 Å². The fourth-order valence-electron chi connectivity index (χ4n) is 1.78. The average molecular weight is 253 g/mol. The largest absolute Gasteiger partial charge is 0.481 e. The van der Waals surface area contributed by atoms with Crippen LogP contribution in [-0.4, -0.2) is 39.3 Å². The maximum absolute atomic E-state index is 10.8. The van der Waals surface area contributed by atoms with Crippen LogP contribution in [0, 0.1) is 5.92 Å². The van der Waals surface area contributed by atoms with E-state index < -0.39 is 5.97 Å². The van der Waals surface area contributed by atoms with Crippen LogP contribution >= 0.6 is 0 Å². The highest BCUT2D eigenvalue weighted by Gasteiger charge is 2.14. The van der Waals surface area contributed by atoms with Crippen LogP contribution in [0.15, 0.2) is 12.3 Å². The summed E-state index contributed by atoms with van der Waals surface area (Å²) in [7, 11) is 1.92. The summed E-state index contributed by atoms with van der Waals surface area (Å²) in [6, 6.07) is 2.40. The van der Waals surface area contributed by atoms with Gasteiger partial charge in [0.2, 0.25) is 0 Å². The van der Waals surface area contributed by atoms with Gasteiger partial charge in [0.25, 0.3) is 0 Å². The van der Waals surface area contributed by atoms with Gasteiger partial charge in [0.1, 0.15) is 0 Å². The van der Waals surface area contributed by atoms with Crippen LogP contribution in [0.2, 0.25) is 0 Å². The van der Waals surface area contributed by atoms with Gasteiger partial charge in [-0.2, -0.15) is 5.10 Å². The Bertz CT molecular complexity index is 389. The first-order valence-corrected chi connectivity index (χ1v) is 6.39. The van der Waals surface area contributed by atoms with Crippen molar-refractivity contribution in [3.05, 3.63) is 18.0 Å². The van der Waals surface area contributed by atoms with Crippen LogP contribution in [0.1, 0.15) is 38.9 Å². The molecule has 18 heavy (non-hydrogen) atoms. The lowest BCUT2D eigenvalue weighted by atomic mass is 10.2. The molecule has 5 nitrogen and oxygen atoms in total. The summed E-state index contributed by atoms with van der Waals surface area (Å²) < 4.78 is 1.96. The second-order valence-electron chi connectivity index (χ2n) is 4.98. The second-order valence-corrected chi connectivity index (χ2v) is 4.98. The first-order valence-electron chi connectivity index (χ1n) is 6.39. The maximum Gasteiger partial charge on any atom is 0.307 e. The zero-order valence-electron chi connectivity index (χ0n) is 11.6. The van der Waals surface area contributed by atoms with Crippen LogP contribution in [0.25, 0.3) is 0 Å². The van der Waals surface area contributed by atoms with Crippen molar-refractivity contribution in [1.29, 1.82) is 0 Å². The van der Waals surface area contributed by atoms with Gasteiger partial charge in [-0.05, 0) is 26.5 Å². The molecule has 0 bridgehead atoms. The van der Waals surface area contributed by atoms with E-state index in [4.69, 9.17) is 5.11 Å². The lowest BCUT2D eigenvalue weighted by Crippen LogP contribution is -2.28. The van der Waals surface area contributed by atoms with E-state index >= 15 is 0 Å². The highest BCUT2D eigenvalue weighted by Crippen LogP contribution is 2.10. The molecule has 0 aromatic carbocycles. The number of aromatic nitrogens is 2. The Morgan fingerprint density at radius 1 is 1.56 bits per heavy atom. The van der Waals surface area contributed by atoms with E-state index in [-0.39, 0.29) is 5.92 Å². The number of aliphatic carboxylic acids is 1. The van der Waals surface area contributed by atoms with Gasteiger partial charge in [-0.3, -0.25) is 14.4 Å². The van der Waals surface area contributed by atoms with Crippen molar-refractivity contribution in [2.24, 2.45) is 5.92 Å². The van der Waals surface area contributed by atoms with Crippen molar-refractivity contribution in [2.75, 3.05) is 13.6 Å². The molecule has 0 spiro atoms. The minimum atomic E-state index is -0.757. The van der Waals surface area contributed by atoms with E-state index in [1.807, 2.05) is 28.9 Å². The Morgan fingerprint density at radius 3 is 2.78 bits per heavy atom. The lowest BCUT2D eigenvalue weighted by Gasteiger charge is -2.17. The first kappa shape index (κ1) is 14.7. The third-order valence-electron chi connectivity index (χ3n) is 3.15. The molecule has 2 unspecified atom stereocenters. The molecule has 1 heterocycles. The van der Waals surface area contributed by atoms with Crippen molar-refractivity contribution < 1.29 is 9.90 Å². The molecule has 102 valence electrons. The summed E-state index contributed by atoms with van der Waals surface area (Å²) in [6.45, 7) is 7.20. The molecule has 0 amide bonds. The van der Waals surface area contributed by atoms with Gasteiger partial charge in [-0.25, -0.2) is 0 Å². The molecule has 1 aromatic rings. The third-order valence-corrected chi connectivity index (χ3v) is 3.15. The van der Waals surface area contributed by atoms with E-state index in [1.54, 1.807) is 6.92 Å². The van der Waals surface area contributed by atoms with Gasteiger partial charge in [0, 0.05) is 25.3 Å². The monoisotopic (exact) mass is 253 g/mol. The number of hydrogen-bond donors (Lipinski definition) is 1. The molecule has 0 fully saturated rings. The summed E-state index contributed by atoms with van der Waals surface area (Å²) in [5.74, 6) is -1.11. The van der Waals surface area contributed by atoms with Crippen molar-refractivity contribution in [3.8, 4) is 0 Å². The molecule has 1 rings (SSSR count). The fourth-order valence-corrected chi connectivity index (χ4v) is 1.78. The smallest absolute Gasteiger partial charge is 0.307 e. The molecule has 2 atom stereocenters. The Balaban J connectivity index is 2.52. The minimum Gasteiger partial charge on any atom is -0.481 e. The zero-order valence-corrected chi connectivity index (χ0v) is 11.6. The van der Waals surface area contributed by atoms with Gasteiger partial charge >= 0.3 is 5.97 Å². The second kappa shape index (κ2) is 6.54. The lowest BCUT2D eigenvalue weighted by molar-refractivity contribution is -0.141. The zero-order chi connectivity index (χ0) is 13.7. The van der Waals surface area contributed by atoms with E-state index in [9.17, 15) is 4.79 Å². The van der Waals surface area contributed by atoms with Gasteiger partial charge < -0.3 is 5.11 Å². The summed E-state index contributed by atoms with van der Waals surface area (Å²) in [5, 5.41) is 13.4. The van der Waals surface area contributed by atoms with Gasteiger partial charge in [0.15, 0.2) is 0 Å². The maximum atomic E-state index is 10.8. The number of carboxylic acid groups (broad SMARTS) is 1. The fraction of sp³-hybridized carbons (Fsp3) is 0.692. The number of carbonyl (C=O) groups is 1. The van der Waals surface area contributed by atoms with E-state index in [1.165, 1.54) is 0 Å². The van der Waals surface area contributed by atoms with Crippen molar-refractivity contribution in [2.45, 2.75) is 39.8 Å². The van der Waals surface area contributed by atoms with Gasteiger partial charge in [-0.15, -0.1) is 0 Å². The highest BCUT2D eigenvalue weighted by molar-refractivity contribution is 5.69. The van der Waals surface area contributed by atoms with E-state index in [0.717, 1.165) is 12.1 Å². The molecular weight excluding hydrogens is 230 g/mol. The molecule has 0 radical (unpaired) electrons. The number of hydrogen-bond acceptors (Lipinski definition) is 3. The predicted octanol–water partition coefficient (Wildman–Crippen LogP) is 2.01. The summed E-state index contributed by atoms with van der Waals surface area (Å²) >= 11 is 0. The van der Waals surface area contributed by atoms with Crippen LogP contribution in [0.5, 0.6) is 0 Å². The van der Waals surface area contributed by atoms with Gasteiger partial charge in [0.05, 0.1) is 11.6 Å². The summed E-state index contributed by atoms with van der Waals surface area (Å²) in [5.41, 5.74) is 0.982. The van der Waals surface area contributed by atoms with Crippen molar-refractivity contribution >= 4 is 5.97 Å². The number of rotatable bonds is 7. The summed E-state index contributed by atoms with van der Waals surface area (Å²) in [6.07, 6.45) is 3.03. The quantitative estimate of drug-likeness (QED) is 0.807. The number of carboxylic acids is 1. The minimum absolute atomic E-state index is 0.355. The molecule has 1 N–H and O–H groups in total. The third kappa shape index (κ3) is 4.14. The average Bonchev–Trinajstić information content (AvgIpc) is 2.76. The summed E-state index contributed by atoms with van der Waals surface area (Å²) in [4.78, 5) is 12.8. The standard InChI is InChI=1S/C13H23N3O2/c1-5-11(3)16-7-6-12(14-16)9-15(4)8-10(2)13(17)18/h6-7,10-11H,5,8-9H2,1-4H3,(H,17,18). The molecule has 5 heteroatoms. The van der Waals surface area contributed by atoms with Crippen LogP contribution < -0.4 is 0 Å². The first-order chi connectivity index (χ1) is 8.43. The molecule has 0 aliphatic heterocycles. The Hall–Kier alpha value is -1.36. The van der Waals surface area contributed by atoms with E-state index in [0.29, 0.717) is 19.1 Å². The SMILES string of the molecule is CCC(C)n1ccc(CN(C)CC(C)C(=O)O)n1. The molecule has 0 aliphatic carbocycles. The van der Waals surface area contributed by atoms with Crippen molar-refractivity contribution in [1.82, 2.24) is 14.7 Å². The molecule has 0 aliphatic rings. The van der Waals surface area contributed by atoms with Gasteiger partial charge in [-0.1, -0.05) is 13.8 Å². The van der Waals surface area contributed by atoms with E-state index in [2.05, 4.69) is 18.9 Å². The predicted molar refractivity (Wildman–Crippen MR) is 70.4 cm³/mol. The Labute approximate surface area is 108 Å². The van der Waals surface area contributed by atoms with Crippen LogP contribution in [0.4, 0.5) is 0 Å². The normalized spacial score (nSPS) is 14.7. The molecular formula is C13H23N3O2. The Kier molecular flexibility index (Phi) is 5.34. The number of nitrogens with zero attached hydrogens (tertiary/aromatic N) is 3. The Morgan fingerprint density at radius 2 is 2.22 bits per heavy atom. The highest BCUT2D eigenvalue weighted by atomic mass is 16.4. The topological polar surface area (TPSA) is 58.4 Å². The van der Waals surface area contributed by atoms with Crippen LogP contribution in [-0.2, 0) is 11.3 Å². The molecule has 0 saturated carbocycles. The molecule has 0 saturated heterocycles. The van der Waals surface area contributed by atoms with Crippen molar-refractivity contribution in [3.63, 3.8) is 0 Å².